The molecule has 12 aliphatic rings. The summed E-state index contributed by atoms with van der Waals surface area (Å²) in [5, 5.41) is 3.14. The van der Waals surface area contributed by atoms with E-state index in [1.54, 1.807) is 4.90 Å². The van der Waals surface area contributed by atoms with Gasteiger partial charge in [-0.25, -0.2) is 11.0 Å². The molecule has 12 heteroatoms. The van der Waals surface area contributed by atoms with Gasteiger partial charge in [-0.3, -0.25) is 14.5 Å². The number of hydrogen-bond donors (Lipinski definition) is 2. The van der Waals surface area contributed by atoms with Gasteiger partial charge < -0.3 is 0 Å². The molecule has 0 radical (unpaired) electrons. The number of rotatable bonds is 8. The van der Waals surface area contributed by atoms with Crippen LogP contribution in [0, 0.1) is 58.8 Å². The Labute approximate surface area is 294 Å². The third-order valence-corrected chi connectivity index (χ3v) is 15.8. The molecule has 10 aliphatic carbocycles. The zero-order valence-electron chi connectivity index (χ0n) is 29.3. The zero-order valence-corrected chi connectivity index (χ0v) is 29.3. The third kappa shape index (κ3) is 5.23. The molecule has 12 rings (SSSR count). The summed E-state index contributed by atoms with van der Waals surface area (Å²) in [7, 11) is 0.751. The van der Waals surface area contributed by atoms with Crippen molar-refractivity contribution >= 4 is 24.9 Å². The molecule has 2 saturated heterocycles. The Hall–Kier alpha value is -2.42. The number of nitrogens with two attached hydrogens (primary N) is 1. The van der Waals surface area contributed by atoms with Gasteiger partial charge in [-0.15, -0.1) is 0 Å². The van der Waals surface area contributed by atoms with Crippen molar-refractivity contribution in [2.45, 2.75) is 151 Å². The maximum Gasteiger partial charge on any atom is 0.301 e. The van der Waals surface area contributed by atoms with E-state index in [0.717, 1.165) is 71.4 Å². The first-order chi connectivity index (χ1) is 23.8. The largest absolute Gasteiger partial charge is 0.301 e. The van der Waals surface area contributed by atoms with Crippen LogP contribution in [-0.2, 0) is 19.1 Å². The molecule has 3 amide bonds. The smallest absolute Gasteiger partial charge is 0.290 e. The van der Waals surface area contributed by atoms with Crippen LogP contribution < -0.4 is 11.1 Å². The fraction of sp³-hybridized carbons (Fsp3) is 0.895. The van der Waals surface area contributed by atoms with Gasteiger partial charge in [-0.2, -0.15) is 0 Å². The first-order valence-corrected chi connectivity index (χ1v) is 19.6. The molecule has 0 aromatic heterocycles. The second-order valence-corrected chi connectivity index (χ2v) is 19.3. The molecule has 270 valence electrons. The maximum atomic E-state index is 15.4. The number of fused-ring (bicyclic) bond motifs is 2. The summed E-state index contributed by atoms with van der Waals surface area (Å²) in [6, 6.07) is -0.763. The number of carbonyl (C=O) groups excluding carboxylic acids is 3. The van der Waals surface area contributed by atoms with Crippen LogP contribution in [0.4, 0.5) is 8.78 Å². The van der Waals surface area contributed by atoms with Crippen molar-refractivity contribution in [1.82, 2.24) is 15.1 Å². The molecule has 2 heterocycles. The van der Waals surface area contributed by atoms with Crippen LogP contribution in [0.2, 0.25) is 0 Å². The second-order valence-electron chi connectivity index (χ2n) is 19.3. The summed E-state index contributed by atoms with van der Waals surface area (Å²) < 4.78 is 41.7. The monoisotopic (exact) mass is 691 g/mol. The number of nitrogens with zero attached hydrogens (tertiary/aromatic N) is 3. The van der Waals surface area contributed by atoms with Crippen molar-refractivity contribution in [3.05, 3.63) is 11.4 Å². The number of amides is 3. The molecule has 12 atom stereocenters. The first kappa shape index (κ1) is 33.4. The maximum absolute atomic E-state index is 15.4. The van der Waals surface area contributed by atoms with Crippen LogP contribution in [0.25, 0.3) is 4.85 Å². The minimum atomic E-state index is -1.18. The van der Waals surface area contributed by atoms with Crippen LogP contribution >= 0.6 is 0 Å². The average Bonchev–Trinajstić information content (AvgIpc) is 3.91. The third-order valence-electron chi connectivity index (χ3n) is 15.8. The number of likely N-dealkylation sites (tertiary alicyclic amines) is 2. The fourth-order valence-electron chi connectivity index (χ4n) is 14.5. The molecule has 9 nitrogen and oxygen atoms in total. The topological polar surface area (TPSA) is 117 Å². The summed E-state index contributed by atoms with van der Waals surface area (Å²) >= 11 is 0. The molecule has 12 fully saturated rings. The molecule has 5 unspecified atom stereocenters. The van der Waals surface area contributed by atoms with Crippen LogP contribution in [-0.4, -0.2) is 82.8 Å². The van der Waals surface area contributed by atoms with E-state index in [4.69, 9.17) is 12.3 Å². The van der Waals surface area contributed by atoms with E-state index in [2.05, 4.69) is 10.2 Å². The number of halogens is 2. The SMILES string of the molecule is NC(=O)[C@@H]1C[C@@H]2C[C@@H]2N1C(=O)[C@@H](NCB=O)C12CC3CC(CC(F)(C3)C1)C2.[C-]#[N+]C1C[C@@H]2C[C@@H]2N1C(=O)[C@@H](C)C12CC3CC(CC(F)(C3)C1)C2. The number of primary amides is 1. The van der Waals surface area contributed by atoms with Gasteiger partial charge in [-0.05, 0) is 68.1 Å². The normalized spacial score (nSPS) is 50.4. The van der Waals surface area contributed by atoms with Gasteiger partial charge in [0.25, 0.3) is 0 Å². The number of carbonyl (C=O) groups is 3. The minimum absolute atomic E-state index is 0.0654. The summed E-state index contributed by atoms with van der Waals surface area (Å²) in [5.41, 5.74) is 2.80. The van der Waals surface area contributed by atoms with Crippen molar-refractivity contribution in [3.8, 4) is 0 Å². The Kier molecular flexibility index (Phi) is 7.55. The number of hydrogen-bond acceptors (Lipinski definition) is 5. The quantitative estimate of drug-likeness (QED) is 0.287. The fourth-order valence-corrected chi connectivity index (χ4v) is 14.5. The number of piperidine rings is 2. The van der Waals surface area contributed by atoms with Crippen molar-refractivity contribution in [2.75, 3.05) is 6.44 Å². The molecule has 0 aromatic rings. The van der Waals surface area contributed by atoms with E-state index in [1.807, 2.05) is 11.8 Å². The van der Waals surface area contributed by atoms with E-state index in [9.17, 15) is 19.1 Å². The van der Waals surface area contributed by atoms with Crippen molar-refractivity contribution in [3.63, 3.8) is 0 Å². The molecule has 10 saturated carbocycles. The molecule has 8 bridgehead atoms. The molecular weight excluding hydrogens is 639 g/mol. The molecule has 50 heavy (non-hydrogen) atoms. The van der Waals surface area contributed by atoms with Gasteiger partial charge in [0.2, 0.25) is 5.91 Å². The van der Waals surface area contributed by atoms with Crippen molar-refractivity contribution in [2.24, 2.45) is 58.0 Å². The summed E-state index contributed by atoms with van der Waals surface area (Å²) in [6.07, 6.45) is 12.9. The van der Waals surface area contributed by atoms with Gasteiger partial charge in [-0.1, -0.05) is 6.92 Å². The van der Waals surface area contributed by atoms with Crippen LogP contribution in [0.5, 0.6) is 0 Å². The minimum Gasteiger partial charge on any atom is -0.290 e. The van der Waals surface area contributed by atoms with Crippen molar-refractivity contribution < 1.29 is 27.9 Å². The summed E-state index contributed by atoms with van der Waals surface area (Å²) in [5.74, 6) is 1.98. The standard InChI is InChI=1S/C19H27BFN3O3.C19H25FN2O/c21-19-6-10-1-11(7-19)5-18(4-10,8-19)15(23-9-20-27)17(26)24-13-2-12(13)3-14(24)16(22)25;1-11(17(23)22-15-4-14(15)5-16(22)21-2)18-6-12-3-13(7-18)9-19(20,8-12)10-18/h10-15,23H,1-9H2,(H2,22,25);11-16H,3-10H2,1H3/t10?,11?,12-,13-,14-,15+,18?,19?;11-,12?,13?,14+,15+,16?,18?,19?/m01/s1. The van der Waals surface area contributed by atoms with Gasteiger partial charge in [0.15, 0.2) is 0 Å². The molecule has 0 spiro atoms. The van der Waals surface area contributed by atoms with E-state index >= 15 is 8.78 Å². The predicted molar refractivity (Wildman–Crippen MR) is 179 cm³/mol. The molecule has 3 N–H and O–H groups in total. The predicted octanol–water partition coefficient (Wildman–Crippen LogP) is 4.53. The van der Waals surface area contributed by atoms with Crippen LogP contribution in [0.15, 0.2) is 0 Å². The average molecular weight is 692 g/mol. The van der Waals surface area contributed by atoms with E-state index in [1.165, 1.54) is 6.42 Å². The Balaban J connectivity index is 0.000000136. The van der Waals surface area contributed by atoms with E-state index < -0.39 is 34.7 Å². The number of alkyl halides is 2. The first-order valence-electron chi connectivity index (χ1n) is 19.6. The Morgan fingerprint density at radius 1 is 0.800 bits per heavy atom. The zero-order chi connectivity index (χ0) is 35.0. The summed E-state index contributed by atoms with van der Waals surface area (Å²) in [4.78, 5) is 46.1. The van der Waals surface area contributed by atoms with Crippen LogP contribution in [0.3, 0.4) is 0 Å². The van der Waals surface area contributed by atoms with Gasteiger partial charge >= 0.3 is 165 Å². The molecule has 2 aliphatic heterocycles. The number of nitrogens with one attached hydrogen (secondary N) is 1. The molecular formula is C38H52BF2N5O4. The second kappa shape index (κ2) is 11.3. The van der Waals surface area contributed by atoms with E-state index in [-0.39, 0.29) is 41.8 Å². The van der Waals surface area contributed by atoms with Crippen LogP contribution in [0.1, 0.15) is 110 Å². The molecule has 0 aromatic carbocycles. The van der Waals surface area contributed by atoms with E-state index in [0.29, 0.717) is 73.7 Å². The van der Waals surface area contributed by atoms with Crippen molar-refractivity contribution in [1.29, 1.82) is 0 Å². The Morgan fingerprint density at radius 3 is 1.84 bits per heavy atom. The Bertz CT molecular complexity index is 1510. The van der Waals surface area contributed by atoms with Gasteiger partial charge in [0, 0.05) is 18.4 Å². The van der Waals surface area contributed by atoms with Gasteiger partial charge in [0.1, 0.15) is 5.67 Å². The summed E-state index contributed by atoms with van der Waals surface area (Å²) in [6.45, 7) is 9.43. The van der Waals surface area contributed by atoms with Gasteiger partial charge in [0.05, 0.1) is 0 Å². The Morgan fingerprint density at radius 2 is 1.32 bits per heavy atom.